The second-order valence-electron chi connectivity index (χ2n) is 4.30. The molecule has 1 N–H and O–H groups in total. The van der Waals surface area contributed by atoms with Crippen LogP contribution >= 0.6 is 0 Å². The standard InChI is InChI=1S/C11H18O2/c1-8(2)11(6-4-5-7-11)9(3)10(12)13/h8H,3-7H2,1-2H3,(H,12,13). The van der Waals surface area contributed by atoms with Crippen LogP contribution in [0.3, 0.4) is 0 Å². The maximum absolute atomic E-state index is 10.9. The fourth-order valence-electron chi connectivity index (χ4n) is 2.45. The first-order valence-corrected chi connectivity index (χ1v) is 4.93. The Labute approximate surface area is 79.6 Å². The third kappa shape index (κ3) is 1.62. The van der Waals surface area contributed by atoms with E-state index in [1.54, 1.807) is 0 Å². The lowest BCUT2D eigenvalue weighted by atomic mass is 9.70. The van der Waals surface area contributed by atoms with Crippen LogP contribution in [0.1, 0.15) is 39.5 Å². The van der Waals surface area contributed by atoms with E-state index in [4.69, 9.17) is 5.11 Å². The van der Waals surface area contributed by atoms with Gasteiger partial charge < -0.3 is 5.11 Å². The lowest BCUT2D eigenvalue weighted by molar-refractivity contribution is -0.134. The number of carboxylic acid groups (broad SMARTS) is 1. The van der Waals surface area contributed by atoms with Gasteiger partial charge in [0.25, 0.3) is 0 Å². The average molecular weight is 182 g/mol. The minimum absolute atomic E-state index is 0.119. The third-order valence-electron chi connectivity index (χ3n) is 3.46. The summed E-state index contributed by atoms with van der Waals surface area (Å²) in [5.41, 5.74) is 0.297. The Kier molecular flexibility index (Phi) is 2.79. The minimum Gasteiger partial charge on any atom is -0.478 e. The van der Waals surface area contributed by atoms with Gasteiger partial charge in [0.05, 0.1) is 0 Å². The van der Waals surface area contributed by atoms with E-state index in [-0.39, 0.29) is 5.41 Å². The van der Waals surface area contributed by atoms with E-state index in [2.05, 4.69) is 20.4 Å². The second kappa shape index (κ2) is 3.52. The summed E-state index contributed by atoms with van der Waals surface area (Å²) in [4.78, 5) is 10.9. The van der Waals surface area contributed by atoms with Crippen LogP contribution < -0.4 is 0 Å². The normalized spacial score (nSPS) is 20.5. The fourth-order valence-corrected chi connectivity index (χ4v) is 2.45. The summed E-state index contributed by atoms with van der Waals surface area (Å²) in [6, 6.07) is 0. The zero-order valence-corrected chi connectivity index (χ0v) is 8.47. The van der Waals surface area contributed by atoms with Crippen LogP contribution in [0.5, 0.6) is 0 Å². The van der Waals surface area contributed by atoms with Crippen LogP contribution in [-0.2, 0) is 4.79 Å². The zero-order valence-electron chi connectivity index (χ0n) is 8.47. The predicted molar refractivity (Wildman–Crippen MR) is 52.5 cm³/mol. The minimum atomic E-state index is -0.824. The van der Waals surface area contributed by atoms with E-state index < -0.39 is 5.97 Å². The Morgan fingerprint density at radius 2 is 1.85 bits per heavy atom. The highest BCUT2D eigenvalue weighted by molar-refractivity contribution is 5.87. The predicted octanol–water partition coefficient (Wildman–Crippen LogP) is 2.84. The smallest absolute Gasteiger partial charge is 0.331 e. The number of carbonyl (C=O) groups is 1. The van der Waals surface area contributed by atoms with Gasteiger partial charge in [0.1, 0.15) is 0 Å². The average Bonchev–Trinajstić information content (AvgIpc) is 2.51. The van der Waals surface area contributed by atoms with Gasteiger partial charge in [-0.1, -0.05) is 33.3 Å². The summed E-state index contributed by atoms with van der Waals surface area (Å²) in [5, 5.41) is 8.96. The van der Waals surface area contributed by atoms with Crippen molar-refractivity contribution in [2.45, 2.75) is 39.5 Å². The van der Waals surface area contributed by atoms with Gasteiger partial charge in [-0.2, -0.15) is 0 Å². The first kappa shape index (κ1) is 10.3. The molecule has 0 aromatic rings. The first-order valence-electron chi connectivity index (χ1n) is 4.93. The summed E-state index contributed by atoms with van der Waals surface area (Å²) < 4.78 is 0. The van der Waals surface area contributed by atoms with Crippen LogP contribution in [0.4, 0.5) is 0 Å². The molecule has 2 nitrogen and oxygen atoms in total. The van der Waals surface area contributed by atoms with Crippen LogP contribution in [0.2, 0.25) is 0 Å². The van der Waals surface area contributed by atoms with E-state index in [1.165, 1.54) is 0 Å². The van der Waals surface area contributed by atoms with Crippen molar-refractivity contribution in [3.63, 3.8) is 0 Å². The lowest BCUT2D eigenvalue weighted by Crippen LogP contribution is -2.29. The largest absolute Gasteiger partial charge is 0.478 e. The van der Waals surface area contributed by atoms with Crippen LogP contribution in [0.15, 0.2) is 12.2 Å². The SMILES string of the molecule is C=C(C(=O)O)C1(C(C)C)CCCC1. The summed E-state index contributed by atoms with van der Waals surface area (Å²) in [6.07, 6.45) is 4.28. The molecule has 0 bridgehead atoms. The maximum atomic E-state index is 10.9. The summed E-state index contributed by atoms with van der Waals surface area (Å²) in [5.74, 6) is -0.436. The molecule has 0 spiro atoms. The van der Waals surface area contributed by atoms with Gasteiger partial charge in [-0.05, 0) is 18.8 Å². The summed E-state index contributed by atoms with van der Waals surface area (Å²) >= 11 is 0. The molecule has 0 aliphatic heterocycles. The van der Waals surface area contributed by atoms with Gasteiger partial charge in [0.2, 0.25) is 0 Å². The molecule has 0 saturated heterocycles. The van der Waals surface area contributed by atoms with Gasteiger partial charge in [0.15, 0.2) is 0 Å². The third-order valence-corrected chi connectivity index (χ3v) is 3.46. The monoisotopic (exact) mass is 182 g/mol. The zero-order chi connectivity index (χ0) is 10.1. The molecule has 1 rings (SSSR count). The highest BCUT2D eigenvalue weighted by Crippen LogP contribution is 2.49. The molecule has 13 heavy (non-hydrogen) atoms. The van der Waals surface area contributed by atoms with E-state index in [0.29, 0.717) is 11.5 Å². The molecule has 2 heteroatoms. The molecule has 1 aliphatic rings. The van der Waals surface area contributed by atoms with Gasteiger partial charge >= 0.3 is 5.97 Å². The highest BCUT2D eigenvalue weighted by Gasteiger charge is 2.41. The molecule has 0 radical (unpaired) electrons. The van der Waals surface area contributed by atoms with Crippen molar-refractivity contribution in [2.24, 2.45) is 11.3 Å². The molecule has 0 heterocycles. The number of carboxylic acids is 1. The van der Waals surface area contributed by atoms with Crippen LogP contribution in [-0.4, -0.2) is 11.1 Å². The molecule has 0 atom stereocenters. The van der Waals surface area contributed by atoms with Crippen molar-refractivity contribution in [1.82, 2.24) is 0 Å². The molecule has 74 valence electrons. The van der Waals surface area contributed by atoms with Crippen molar-refractivity contribution < 1.29 is 9.90 Å². The molecule has 1 saturated carbocycles. The highest BCUT2D eigenvalue weighted by atomic mass is 16.4. The van der Waals surface area contributed by atoms with Crippen LogP contribution in [0, 0.1) is 11.3 Å². The molecule has 1 aliphatic carbocycles. The molecule has 0 amide bonds. The van der Waals surface area contributed by atoms with Crippen molar-refractivity contribution in [1.29, 1.82) is 0 Å². The number of aliphatic carboxylic acids is 1. The Morgan fingerprint density at radius 3 is 2.15 bits per heavy atom. The second-order valence-corrected chi connectivity index (χ2v) is 4.30. The van der Waals surface area contributed by atoms with E-state index in [1.807, 2.05) is 0 Å². The number of rotatable bonds is 3. The van der Waals surface area contributed by atoms with Crippen LogP contribution in [0.25, 0.3) is 0 Å². The van der Waals surface area contributed by atoms with Gasteiger partial charge in [0, 0.05) is 11.0 Å². The topological polar surface area (TPSA) is 37.3 Å². The van der Waals surface area contributed by atoms with E-state index in [9.17, 15) is 4.79 Å². The Hall–Kier alpha value is -0.790. The van der Waals surface area contributed by atoms with Crippen molar-refractivity contribution >= 4 is 5.97 Å². The molecule has 1 fully saturated rings. The Bertz CT molecular complexity index is 222. The van der Waals surface area contributed by atoms with Gasteiger partial charge in [-0.25, -0.2) is 4.79 Å². The van der Waals surface area contributed by atoms with E-state index in [0.717, 1.165) is 25.7 Å². The van der Waals surface area contributed by atoms with Crippen molar-refractivity contribution in [3.05, 3.63) is 12.2 Å². The Morgan fingerprint density at radius 1 is 1.38 bits per heavy atom. The summed E-state index contributed by atoms with van der Waals surface area (Å²) in [6.45, 7) is 7.92. The first-order chi connectivity index (χ1) is 6.00. The number of hydrogen-bond acceptors (Lipinski definition) is 1. The molecule has 0 unspecified atom stereocenters. The molecular weight excluding hydrogens is 164 g/mol. The Balaban J connectivity index is 2.91. The van der Waals surface area contributed by atoms with Gasteiger partial charge in [-0.15, -0.1) is 0 Å². The molecule has 0 aromatic heterocycles. The van der Waals surface area contributed by atoms with Crippen molar-refractivity contribution in [2.75, 3.05) is 0 Å². The van der Waals surface area contributed by atoms with E-state index >= 15 is 0 Å². The fraction of sp³-hybridized carbons (Fsp3) is 0.727. The maximum Gasteiger partial charge on any atom is 0.331 e. The molecule has 0 aromatic carbocycles. The van der Waals surface area contributed by atoms with Gasteiger partial charge in [-0.3, -0.25) is 0 Å². The number of hydrogen-bond donors (Lipinski definition) is 1. The molecular formula is C11H18O2. The van der Waals surface area contributed by atoms with Crippen molar-refractivity contribution in [3.8, 4) is 0 Å². The lowest BCUT2D eigenvalue weighted by Gasteiger charge is -2.33. The summed E-state index contributed by atoms with van der Waals surface area (Å²) in [7, 11) is 0. The quantitative estimate of drug-likeness (QED) is 0.681.